The first-order valence-electron chi connectivity index (χ1n) is 6.47. The van der Waals surface area contributed by atoms with E-state index in [-0.39, 0.29) is 11.9 Å². The minimum absolute atomic E-state index is 0.154. The smallest absolute Gasteiger partial charge is 0.317 e. The standard InChI is InChI=1S/C12H22N2O5/c1-18-8-9-19-7-4-13-12(17)14-5-2-10(3-6-14)11(15)16/h10H,2-9H2,1H3,(H,13,17)(H,15,16). The summed E-state index contributed by atoms with van der Waals surface area (Å²) in [5, 5.41) is 11.6. The van der Waals surface area contributed by atoms with Crippen molar-refractivity contribution in [2.24, 2.45) is 5.92 Å². The second kappa shape index (κ2) is 8.71. The summed E-state index contributed by atoms with van der Waals surface area (Å²) in [5.74, 6) is -1.09. The summed E-state index contributed by atoms with van der Waals surface area (Å²) >= 11 is 0. The summed E-state index contributed by atoms with van der Waals surface area (Å²) < 4.78 is 10.0. The first kappa shape index (κ1) is 15.7. The Morgan fingerprint density at radius 2 is 1.95 bits per heavy atom. The molecule has 1 rings (SSSR count). The quantitative estimate of drug-likeness (QED) is 0.645. The van der Waals surface area contributed by atoms with Gasteiger partial charge >= 0.3 is 12.0 Å². The number of piperidine rings is 1. The van der Waals surface area contributed by atoms with Crippen LogP contribution >= 0.6 is 0 Å². The number of nitrogens with zero attached hydrogens (tertiary/aromatic N) is 1. The summed E-state index contributed by atoms with van der Waals surface area (Å²) in [6, 6.07) is -0.154. The van der Waals surface area contributed by atoms with Gasteiger partial charge < -0.3 is 24.8 Å². The van der Waals surface area contributed by atoms with Crippen LogP contribution in [0, 0.1) is 5.92 Å². The molecule has 0 aliphatic carbocycles. The largest absolute Gasteiger partial charge is 0.481 e. The van der Waals surface area contributed by atoms with Crippen molar-refractivity contribution in [3.8, 4) is 0 Å². The van der Waals surface area contributed by atoms with Crippen LogP contribution in [-0.4, -0.2) is 68.6 Å². The van der Waals surface area contributed by atoms with E-state index in [1.165, 1.54) is 0 Å². The van der Waals surface area contributed by atoms with Crippen LogP contribution in [-0.2, 0) is 14.3 Å². The highest BCUT2D eigenvalue weighted by molar-refractivity contribution is 5.75. The molecule has 1 saturated heterocycles. The van der Waals surface area contributed by atoms with Crippen molar-refractivity contribution in [2.75, 3.05) is 46.6 Å². The van der Waals surface area contributed by atoms with Crippen molar-refractivity contribution in [1.29, 1.82) is 0 Å². The topological polar surface area (TPSA) is 88.1 Å². The summed E-state index contributed by atoms with van der Waals surface area (Å²) in [4.78, 5) is 24.2. The third kappa shape index (κ3) is 5.89. The van der Waals surface area contributed by atoms with Gasteiger partial charge in [0, 0.05) is 26.7 Å². The van der Waals surface area contributed by atoms with Crippen LogP contribution in [0.25, 0.3) is 0 Å². The summed E-state index contributed by atoms with van der Waals surface area (Å²) in [6.07, 6.45) is 1.04. The monoisotopic (exact) mass is 274 g/mol. The first-order valence-corrected chi connectivity index (χ1v) is 6.47. The second-order valence-electron chi connectivity index (χ2n) is 4.44. The second-order valence-corrected chi connectivity index (χ2v) is 4.44. The maximum atomic E-state index is 11.8. The number of urea groups is 1. The zero-order chi connectivity index (χ0) is 14.1. The number of hydrogen-bond acceptors (Lipinski definition) is 4. The normalized spacial score (nSPS) is 16.4. The van der Waals surface area contributed by atoms with Gasteiger partial charge in [0.15, 0.2) is 0 Å². The molecule has 0 unspecified atom stereocenters. The van der Waals surface area contributed by atoms with Gasteiger partial charge in [0.05, 0.1) is 25.7 Å². The highest BCUT2D eigenvalue weighted by atomic mass is 16.5. The van der Waals surface area contributed by atoms with Gasteiger partial charge in [-0.25, -0.2) is 4.79 Å². The zero-order valence-electron chi connectivity index (χ0n) is 11.3. The fourth-order valence-electron chi connectivity index (χ4n) is 1.92. The first-order chi connectivity index (χ1) is 9.15. The lowest BCUT2D eigenvalue weighted by Crippen LogP contribution is -2.46. The van der Waals surface area contributed by atoms with Gasteiger partial charge in [0.1, 0.15) is 0 Å². The van der Waals surface area contributed by atoms with Crippen molar-refractivity contribution >= 4 is 12.0 Å². The van der Waals surface area contributed by atoms with E-state index < -0.39 is 5.97 Å². The van der Waals surface area contributed by atoms with E-state index in [4.69, 9.17) is 14.6 Å². The lowest BCUT2D eigenvalue weighted by Gasteiger charge is -2.30. The molecule has 1 fully saturated rings. The van der Waals surface area contributed by atoms with Gasteiger partial charge in [-0.3, -0.25) is 4.79 Å². The van der Waals surface area contributed by atoms with Gasteiger partial charge in [-0.1, -0.05) is 0 Å². The number of likely N-dealkylation sites (tertiary alicyclic amines) is 1. The number of carboxylic acids is 1. The molecular formula is C12H22N2O5. The number of ether oxygens (including phenoxy) is 2. The molecule has 2 N–H and O–H groups in total. The number of nitrogens with one attached hydrogen (secondary N) is 1. The number of amides is 2. The van der Waals surface area contributed by atoms with Crippen molar-refractivity contribution < 1.29 is 24.2 Å². The molecule has 0 aromatic rings. The van der Waals surface area contributed by atoms with Crippen LogP contribution in [0.5, 0.6) is 0 Å². The van der Waals surface area contributed by atoms with Crippen LogP contribution in [0.3, 0.4) is 0 Å². The summed E-state index contributed by atoms with van der Waals surface area (Å²) in [6.45, 7) is 2.93. The van der Waals surface area contributed by atoms with Gasteiger partial charge in [-0.05, 0) is 12.8 Å². The molecular weight excluding hydrogens is 252 g/mol. The molecule has 1 heterocycles. The fourth-order valence-corrected chi connectivity index (χ4v) is 1.92. The van der Waals surface area contributed by atoms with Crippen LogP contribution in [0.1, 0.15) is 12.8 Å². The van der Waals surface area contributed by atoms with E-state index in [2.05, 4.69) is 5.32 Å². The molecule has 110 valence electrons. The average Bonchev–Trinajstić information content (AvgIpc) is 2.42. The number of carbonyl (C=O) groups is 2. The van der Waals surface area contributed by atoms with E-state index in [1.54, 1.807) is 12.0 Å². The van der Waals surface area contributed by atoms with Gasteiger partial charge in [-0.2, -0.15) is 0 Å². The van der Waals surface area contributed by atoms with Crippen LogP contribution < -0.4 is 5.32 Å². The van der Waals surface area contributed by atoms with Gasteiger partial charge in [0.2, 0.25) is 0 Å². The molecule has 7 nitrogen and oxygen atoms in total. The number of hydrogen-bond donors (Lipinski definition) is 2. The van der Waals surface area contributed by atoms with Gasteiger partial charge in [0.25, 0.3) is 0 Å². The predicted molar refractivity (Wildman–Crippen MR) is 68.0 cm³/mol. The van der Waals surface area contributed by atoms with Gasteiger partial charge in [-0.15, -0.1) is 0 Å². The summed E-state index contributed by atoms with van der Waals surface area (Å²) in [5.41, 5.74) is 0. The molecule has 0 aromatic heterocycles. The maximum Gasteiger partial charge on any atom is 0.317 e. The molecule has 0 bridgehead atoms. The van der Waals surface area contributed by atoms with Crippen molar-refractivity contribution in [1.82, 2.24) is 10.2 Å². The maximum absolute atomic E-state index is 11.8. The van der Waals surface area contributed by atoms with Crippen LogP contribution in [0.4, 0.5) is 4.79 Å². The minimum Gasteiger partial charge on any atom is -0.481 e. The molecule has 2 amide bonds. The van der Waals surface area contributed by atoms with E-state index in [1.807, 2.05) is 0 Å². The molecule has 0 saturated carbocycles. The van der Waals surface area contributed by atoms with E-state index >= 15 is 0 Å². The predicted octanol–water partition coefficient (Wildman–Crippen LogP) is 0.156. The Labute approximate surface area is 112 Å². The number of methoxy groups -OCH3 is 1. The molecule has 0 spiro atoms. The molecule has 1 aliphatic heterocycles. The Bertz CT molecular complexity index is 290. The lowest BCUT2D eigenvalue weighted by atomic mass is 9.97. The summed E-state index contributed by atoms with van der Waals surface area (Å²) in [7, 11) is 1.60. The van der Waals surface area contributed by atoms with Crippen molar-refractivity contribution in [3.63, 3.8) is 0 Å². The lowest BCUT2D eigenvalue weighted by molar-refractivity contribution is -0.143. The SMILES string of the molecule is COCCOCCNC(=O)N1CCC(C(=O)O)CC1. The highest BCUT2D eigenvalue weighted by Crippen LogP contribution is 2.16. The van der Waals surface area contributed by atoms with Crippen molar-refractivity contribution in [2.45, 2.75) is 12.8 Å². The Kier molecular flexibility index (Phi) is 7.20. The van der Waals surface area contributed by atoms with E-state index in [0.29, 0.717) is 52.3 Å². The highest BCUT2D eigenvalue weighted by Gasteiger charge is 2.26. The number of carboxylic acid groups (broad SMARTS) is 1. The number of aliphatic carboxylic acids is 1. The third-order valence-corrected chi connectivity index (χ3v) is 3.09. The number of rotatable bonds is 7. The molecule has 0 aromatic carbocycles. The third-order valence-electron chi connectivity index (χ3n) is 3.09. The van der Waals surface area contributed by atoms with Crippen LogP contribution in [0.15, 0.2) is 0 Å². The van der Waals surface area contributed by atoms with Crippen molar-refractivity contribution in [3.05, 3.63) is 0 Å². The molecule has 1 aliphatic rings. The molecule has 19 heavy (non-hydrogen) atoms. The molecule has 0 atom stereocenters. The Morgan fingerprint density at radius 1 is 1.26 bits per heavy atom. The minimum atomic E-state index is -0.772. The van der Waals surface area contributed by atoms with Crippen LogP contribution in [0.2, 0.25) is 0 Å². The zero-order valence-corrected chi connectivity index (χ0v) is 11.3. The molecule has 0 radical (unpaired) electrons. The Hall–Kier alpha value is -1.34. The molecule has 7 heteroatoms. The number of carbonyl (C=O) groups excluding carboxylic acids is 1. The van der Waals surface area contributed by atoms with E-state index in [0.717, 1.165) is 0 Å². The van der Waals surface area contributed by atoms with E-state index in [9.17, 15) is 9.59 Å². The Morgan fingerprint density at radius 3 is 2.53 bits per heavy atom. The Balaban J connectivity index is 2.09. The fraction of sp³-hybridized carbons (Fsp3) is 0.833. The average molecular weight is 274 g/mol.